The van der Waals surface area contributed by atoms with Gasteiger partial charge in [-0.1, -0.05) is 23.7 Å². The number of aromatic nitrogens is 2. The number of nitrogens with zero attached hydrogens (tertiary/aromatic N) is 3. The minimum atomic E-state index is -4.64. The Labute approximate surface area is 206 Å². The van der Waals surface area contributed by atoms with Crippen molar-refractivity contribution in [3.05, 3.63) is 58.4 Å². The lowest BCUT2D eigenvalue weighted by Crippen LogP contribution is -2.32. The Bertz CT molecular complexity index is 1180. The van der Waals surface area contributed by atoms with Crippen LogP contribution in [0.4, 0.5) is 29.3 Å². The van der Waals surface area contributed by atoms with Crippen molar-refractivity contribution in [2.75, 3.05) is 30.9 Å². The van der Waals surface area contributed by atoms with Gasteiger partial charge in [0, 0.05) is 37.6 Å². The molecule has 0 radical (unpaired) electrons. The molecule has 35 heavy (non-hydrogen) atoms. The molecule has 0 spiro atoms. The smallest absolute Gasteiger partial charge is 0.362 e. The normalized spacial score (nSPS) is 18.6. The molecule has 10 heteroatoms. The predicted molar refractivity (Wildman–Crippen MR) is 131 cm³/mol. The van der Waals surface area contributed by atoms with Gasteiger partial charge >= 0.3 is 6.18 Å². The van der Waals surface area contributed by atoms with Gasteiger partial charge in [0.05, 0.1) is 16.1 Å². The van der Waals surface area contributed by atoms with Gasteiger partial charge in [-0.15, -0.1) is 0 Å². The predicted octanol–water partition coefficient (Wildman–Crippen LogP) is 6.27. The molecular weight excluding hydrogens is 482 g/mol. The molecule has 2 N–H and O–H groups in total. The Balaban J connectivity index is 1.33. The monoisotopic (exact) mass is 509 g/mol. The quantitative estimate of drug-likeness (QED) is 0.368. The van der Waals surface area contributed by atoms with Crippen LogP contribution in [0.2, 0.25) is 5.02 Å². The second-order valence-corrected chi connectivity index (χ2v) is 9.57. The van der Waals surface area contributed by atoms with Crippen molar-refractivity contribution < 1.29 is 17.6 Å². The molecule has 0 atom stereocenters. The second-order valence-electron chi connectivity index (χ2n) is 9.16. The van der Waals surface area contributed by atoms with E-state index in [0.717, 1.165) is 54.5 Å². The zero-order chi connectivity index (χ0) is 25.2. The fourth-order valence-corrected chi connectivity index (χ4v) is 4.77. The van der Waals surface area contributed by atoms with Crippen molar-refractivity contribution in [1.82, 2.24) is 15.3 Å². The Kier molecular flexibility index (Phi) is 7.66. The zero-order valence-corrected chi connectivity index (χ0v) is 20.3. The van der Waals surface area contributed by atoms with E-state index in [-0.39, 0.29) is 17.6 Å². The molecule has 3 aromatic rings. The summed E-state index contributed by atoms with van der Waals surface area (Å²) < 4.78 is 54.1. The third-order valence-corrected chi connectivity index (χ3v) is 6.71. The molecule has 1 aliphatic rings. The molecule has 1 saturated carbocycles. The maximum Gasteiger partial charge on any atom is 0.416 e. The van der Waals surface area contributed by atoms with E-state index < -0.39 is 23.1 Å². The van der Waals surface area contributed by atoms with Gasteiger partial charge in [-0.05, 0) is 62.4 Å². The first-order valence-electron chi connectivity index (χ1n) is 11.6. The van der Waals surface area contributed by atoms with Crippen molar-refractivity contribution >= 4 is 34.3 Å². The first-order chi connectivity index (χ1) is 16.6. The highest BCUT2D eigenvalue weighted by Crippen LogP contribution is 2.35. The largest absolute Gasteiger partial charge is 0.416 e. The molecule has 0 bridgehead atoms. The van der Waals surface area contributed by atoms with Crippen molar-refractivity contribution in [3.63, 3.8) is 0 Å². The summed E-state index contributed by atoms with van der Waals surface area (Å²) in [5.41, 5.74) is -0.559. The Hall–Kier alpha value is -2.65. The standard InChI is InChI=1S/C25H28ClF4N5/c1-35(2)23-17-5-3-4-6-21(17)33-24(34-23)32-16-9-7-15(8-10-16)13-31-14-18-19(25(28,29)30)11-12-20(26)22(18)27/h3-6,11-12,15-16,31H,7-10,13-14H2,1-2H3,(H,32,33,34). The fourth-order valence-electron chi connectivity index (χ4n) is 4.59. The summed E-state index contributed by atoms with van der Waals surface area (Å²) in [6, 6.07) is 9.86. The van der Waals surface area contributed by atoms with Crippen LogP contribution in [-0.2, 0) is 12.7 Å². The van der Waals surface area contributed by atoms with E-state index >= 15 is 0 Å². The van der Waals surface area contributed by atoms with Gasteiger partial charge in [0.2, 0.25) is 5.95 Å². The third-order valence-electron chi connectivity index (χ3n) is 6.42. The second kappa shape index (κ2) is 10.5. The number of para-hydroxylation sites is 1. The van der Waals surface area contributed by atoms with Gasteiger partial charge in [0.25, 0.3) is 0 Å². The van der Waals surface area contributed by atoms with E-state index in [1.807, 2.05) is 43.3 Å². The Morgan fingerprint density at radius 3 is 2.43 bits per heavy atom. The number of rotatable bonds is 7. The summed E-state index contributed by atoms with van der Waals surface area (Å²) in [5, 5.41) is 7.14. The van der Waals surface area contributed by atoms with E-state index in [1.54, 1.807) is 0 Å². The molecule has 1 aromatic heterocycles. The van der Waals surface area contributed by atoms with Crippen LogP contribution in [0.25, 0.3) is 10.9 Å². The number of hydrogen-bond donors (Lipinski definition) is 2. The van der Waals surface area contributed by atoms with E-state index in [9.17, 15) is 17.6 Å². The van der Waals surface area contributed by atoms with Gasteiger partial charge in [-0.25, -0.2) is 9.37 Å². The van der Waals surface area contributed by atoms with Crippen LogP contribution < -0.4 is 15.5 Å². The first kappa shape index (κ1) is 25.4. The molecule has 2 aromatic carbocycles. The summed E-state index contributed by atoms with van der Waals surface area (Å²) in [5.74, 6) is 0.710. The maximum absolute atomic E-state index is 14.3. The molecule has 5 nitrogen and oxygen atoms in total. The van der Waals surface area contributed by atoms with E-state index in [0.29, 0.717) is 18.4 Å². The van der Waals surface area contributed by atoms with Gasteiger partial charge in [-0.2, -0.15) is 18.2 Å². The van der Waals surface area contributed by atoms with Gasteiger partial charge < -0.3 is 15.5 Å². The highest BCUT2D eigenvalue weighted by molar-refractivity contribution is 6.30. The van der Waals surface area contributed by atoms with Crippen molar-refractivity contribution in [1.29, 1.82) is 0 Å². The number of halogens is 5. The Morgan fingerprint density at radius 2 is 1.74 bits per heavy atom. The highest BCUT2D eigenvalue weighted by atomic mass is 35.5. The molecular formula is C25H28ClF4N5. The van der Waals surface area contributed by atoms with Gasteiger partial charge in [0.15, 0.2) is 0 Å². The Morgan fingerprint density at radius 1 is 1.03 bits per heavy atom. The van der Waals surface area contributed by atoms with Crippen LogP contribution in [0, 0.1) is 11.7 Å². The van der Waals surface area contributed by atoms with Crippen LogP contribution in [0.5, 0.6) is 0 Å². The number of hydrogen-bond acceptors (Lipinski definition) is 5. The summed E-state index contributed by atoms with van der Waals surface area (Å²) >= 11 is 5.72. The SMILES string of the molecule is CN(C)c1nc(NC2CCC(CNCc3c(C(F)(F)F)ccc(Cl)c3F)CC2)nc2ccccc12. The molecule has 0 aliphatic heterocycles. The van der Waals surface area contributed by atoms with Crippen LogP contribution >= 0.6 is 11.6 Å². The molecule has 188 valence electrons. The fraction of sp³-hybridized carbons (Fsp3) is 0.440. The van der Waals surface area contributed by atoms with Crippen LogP contribution in [0.3, 0.4) is 0 Å². The van der Waals surface area contributed by atoms with E-state index in [2.05, 4.69) is 15.6 Å². The lowest BCUT2D eigenvalue weighted by molar-refractivity contribution is -0.138. The van der Waals surface area contributed by atoms with E-state index in [4.69, 9.17) is 16.6 Å². The molecule has 0 saturated heterocycles. The number of fused-ring (bicyclic) bond motifs is 1. The zero-order valence-electron chi connectivity index (χ0n) is 19.6. The molecule has 1 heterocycles. The highest BCUT2D eigenvalue weighted by Gasteiger charge is 2.35. The van der Waals surface area contributed by atoms with Crippen LogP contribution in [-0.4, -0.2) is 36.6 Å². The van der Waals surface area contributed by atoms with Gasteiger partial charge in [-0.3, -0.25) is 0 Å². The minimum absolute atomic E-state index is 0.213. The molecule has 0 amide bonds. The van der Waals surface area contributed by atoms with Crippen molar-refractivity contribution in [2.45, 2.75) is 44.4 Å². The first-order valence-corrected chi connectivity index (χ1v) is 12.0. The number of nitrogens with one attached hydrogen (secondary N) is 2. The maximum atomic E-state index is 14.3. The molecule has 0 unspecified atom stereocenters. The molecule has 1 aliphatic carbocycles. The minimum Gasteiger partial charge on any atom is -0.362 e. The summed E-state index contributed by atoms with van der Waals surface area (Å²) in [4.78, 5) is 11.3. The molecule has 1 fully saturated rings. The third kappa shape index (κ3) is 5.95. The summed E-state index contributed by atoms with van der Waals surface area (Å²) in [6.07, 6.45) is -1.08. The van der Waals surface area contributed by atoms with Gasteiger partial charge in [0.1, 0.15) is 11.6 Å². The summed E-state index contributed by atoms with van der Waals surface area (Å²) in [6.45, 7) is 0.283. The van der Waals surface area contributed by atoms with E-state index in [1.165, 1.54) is 0 Å². The van der Waals surface area contributed by atoms with Crippen LogP contribution in [0.15, 0.2) is 36.4 Å². The van der Waals surface area contributed by atoms with Crippen LogP contribution in [0.1, 0.15) is 36.8 Å². The number of anilines is 2. The van der Waals surface area contributed by atoms with Crippen molar-refractivity contribution in [2.24, 2.45) is 5.92 Å². The topological polar surface area (TPSA) is 53.1 Å². The average Bonchev–Trinajstić information content (AvgIpc) is 2.81. The summed E-state index contributed by atoms with van der Waals surface area (Å²) in [7, 11) is 3.90. The lowest BCUT2D eigenvalue weighted by Gasteiger charge is -2.29. The molecule has 4 rings (SSSR count). The lowest BCUT2D eigenvalue weighted by atomic mass is 9.86. The number of alkyl halides is 3. The number of benzene rings is 2. The average molecular weight is 510 g/mol. The van der Waals surface area contributed by atoms with Crippen molar-refractivity contribution in [3.8, 4) is 0 Å².